The van der Waals surface area contributed by atoms with Crippen LogP contribution >= 0.6 is 0 Å². The lowest BCUT2D eigenvalue weighted by Crippen LogP contribution is -2.40. The molecule has 2 nitrogen and oxygen atoms in total. The van der Waals surface area contributed by atoms with E-state index in [1.165, 1.54) is 12.1 Å². The molecule has 1 aliphatic rings. The van der Waals surface area contributed by atoms with E-state index in [1.807, 2.05) is 6.92 Å². The normalized spacial score (nSPS) is 25.7. The van der Waals surface area contributed by atoms with Crippen LogP contribution in [0.4, 0.5) is 4.39 Å². The molecule has 1 N–H and O–H groups in total. The first-order chi connectivity index (χ1) is 7.59. The molecule has 1 aromatic carbocycles. The van der Waals surface area contributed by atoms with Crippen molar-refractivity contribution in [3.8, 4) is 0 Å². The van der Waals surface area contributed by atoms with Gasteiger partial charge in [-0.25, -0.2) is 4.39 Å². The van der Waals surface area contributed by atoms with Crippen molar-refractivity contribution in [2.45, 2.75) is 31.8 Å². The number of benzene rings is 1. The van der Waals surface area contributed by atoms with E-state index in [2.05, 4.69) is 0 Å². The van der Waals surface area contributed by atoms with Crippen LogP contribution in [0.1, 0.15) is 24.0 Å². The van der Waals surface area contributed by atoms with Crippen LogP contribution in [0.3, 0.4) is 0 Å². The summed E-state index contributed by atoms with van der Waals surface area (Å²) < 4.78 is 18.4. The second-order valence-corrected chi connectivity index (χ2v) is 4.63. The highest BCUT2D eigenvalue weighted by Crippen LogP contribution is 2.25. The number of rotatable bonds is 2. The second-order valence-electron chi connectivity index (χ2n) is 4.63. The predicted octanol–water partition coefficient (Wildman–Crippen LogP) is 2.22. The maximum absolute atomic E-state index is 13.1. The quantitative estimate of drug-likeness (QED) is 0.834. The Hall–Kier alpha value is -0.930. The summed E-state index contributed by atoms with van der Waals surface area (Å²) in [7, 11) is 0. The summed E-state index contributed by atoms with van der Waals surface area (Å²) in [6, 6.07) is 4.69. The Labute approximate surface area is 95.1 Å². The second kappa shape index (κ2) is 4.52. The van der Waals surface area contributed by atoms with Gasteiger partial charge in [-0.1, -0.05) is 6.07 Å². The summed E-state index contributed by atoms with van der Waals surface area (Å²) >= 11 is 0. The minimum atomic E-state index is -0.823. The minimum Gasteiger partial charge on any atom is -0.387 e. The number of aryl methyl sites for hydroxylation is 1. The maximum Gasteiger partial charge on any atom is 0.123 e. The largest absolute Gasteiger partial charge is 0.387 e. The molecule has 1 unspecified atom stereocenters. The van der Waals surface area contributed by atoms with Gasteiger partial charge in [-0.15, -0.1) is 0 Å². The van der Waals surface area contributed by atoms with Crippen LogP contribution in [0.25, 0.3) is 0 Å². The van der Waals surface area contributed by atoms with Crippen LogP contribution in [0.15, 0.2) is 18.2 Å². The SMILES string of the molecule is Cc1ccc(F)cc1CC1(O)CCCOC1. The van der Waals surface area contributed by atoms with Crippen molar-refractivity contribution in [2.24, 2.45) is 0 Å². The highest BCUT2D eigenvalue weighted by molar-refractivity contribution is 5.28. The van der Waals surface area contributed by atoms with Crippen molar-refractivity contribution in [1.29, 1.82) is 0 Å². The smallest absolute Gasteiger partial charge is 0.123 e. The number of hydrogen-bond acceptors (Lipinski definition) is 2. The molecule has 1 fully saturated rings. The van der Waals surface area contributed by atoms with Crippen LogP contribution in [-0.2, 0) is 11.2 Å². The molecule has 1 heterocycles. The molecule has 1 aliphatic heterocycles. The van der Waals surface area contributed by atoms with Gasteiger partial charge < -0.3 is 9.84 Å². The molecule has 0 aromatic heterocycles. The Morgan fingerprint density at radius 2 is 2.31 bits per heavy atom. The third kappa shape index (κ3) is 2.60. The Morgan fingerprint density at radius 3 is 3.00 bits per heavy atom. The lowest BCUT2D eigenvalue weighted by molar-refractivity contribution is -0.0845. The van der Waals surface area contributed by atoms with Crippen LogP contribution in [-0.4, -0.2) is 23.9 Å². The molecule has 16 heavy (non-hydrogen) atoms. The standard InChI is InChI=1S/C13H17FO2/c1-10-3-4-12(14)7-11(10)8-13(15)5-2-6-16-9-13/h3-4,7,15H,2,5-6,8-9H2,1H3. The number of hydrogen-bond donors (Lipinski definition) is 1. The van der Waals surface area contributed by atoms with Crippen LogP contribution in [0.5, 0.6) is 0 Å². The molecule has 2 rings (SSSR count). The van der Waals surface area contributed by atoms with Crippen molar-refractivity contribution in [1.82, 2.24) is 0 Å². The van der Waals surface area contributed by atoms with Gasteiger partial charge in [0.15, 0.2) is 0 Å². The van der Waals surface area contributed by atoms with Crippen LogP contribution < -0.4 is 0 Å². The fraction of sp³-hybridized carbons (Fsp3) is 0.538. The van der Waals surface area contributed by atoms with E-state index >= 15 is 0 Å². The molecular formula is C13H17FO2. The highest BCUT2D eigenvalue weighted by Gasteiger charge is 2.30. The Bertz CT molecular complexity index is 370. The molecule has 0 amide bonds. The number of halogens is 1. The summed E-state index contributed by atoms with van der Waals surface area (Å²) in [6.45, 7) is 3.00. The predicted molar refractivity (Wildman–Crippen MR) is 59.8 cm³/mol. The third-order valence-electron chi connectivity index (χ3n) is 3.13. The van der Waals surface area contributed by atoms with Crippen LogP contribution in [0.2, 0.25) is 0 Å². The van der Waals surface area contributed by atoms with Gasteiger partial charge in [0.05, 0.1) is 12.2 Å². The van der Waals surface area contributed by atoms with Gasteiger partial charge in [-0.3, -0.25) is 0 Å². The van der Waals surface area contributed by atoms with Crippen LogP contribution in [0, 0.1) is 12.7 Å². The molecule has 0 spiro atoms. The first-order valence-corrected chi connectivity index (χ1v) is 5.64. The van der Waals surface area contributed by atoms with Crippen molar-refractivity contribution < 1.29 is 14.2 Å². The van der Waals surface area contributed by atoms with E-state index in [-0.39, 0.29) is 5.82 Å². The van der Waals surface area contributed by atoms with Gasteiger partial charge in [0.2, 0.25) is 0 Å². The first kappa shape index (κ1) is 11.6. The van der Waals surface area contributed by atoms with E-state index in [4.69, 9.17) is 4.74 Å². The van der Waals surface area contributed by atoms with Gasteiger partial charge in [0, 0.05) is 13.0 Å². The molecular weight excluding hydrogens is 207 g/mol. The summed E-state index contributed by atoms with van der Waals surface area (Å²) in [4.78, 5) is 0. The number of aliphatic hydroxyl groups is 1. The van der Waals surface area contributed by atoms with E-state index in [0.717, 1.165) is 24.0 Å². The lowest BCUT2D eigenvalue weighted by Gasteiger charge is -2.32. The average Bonchev–Trinajstić information content (AvgIpc) is 2.24. The zero-order valence-electron chi connectivity index (χ0n) is 9.50. The molecule has 1 atom stereocenters. The summed E-state index contributed by atoms with van der Waals surface area (Å²) in [6.07, 6.45) is 2.06. The Morgan fingerprint density at radius 1 is 1.50 bits per heavy atom. The first-order valence-electron chi connectivity index (χ1n) is 5.64. The van der Waals surface area contributed by atoms with Gasteiger partial charge in [0.1, 0.15) is 5.82 Å². The van der Waals surface area contributed by atoms with E-state index in [1.54, 1.807) is 6.07 Å². The van der Waals surface area contributed by atoms with Gasteiger partial charge in [-0.05, 0) is 43.0 Å². The fourth-order valence-electron chi connectivity index (χ4n) is 2.16. The zero-order valence-corrected chi connectivity index (χ0v) is 9.50. The zero-order chi connectivity index (χ0) is 11.6. The minimum absolute atomic E-state index is 0.249. The van der Waals surface area contributed by atoms with E-state index in [9.17, 15) is 9.50 Å². The third-order valence-corrected chi connectivity index (χ3v) is 3.13. The van der Waals surface area contributed by atoms with Crippen molar-refractivity contribution in [3.05, 3.63) is 35.1 Å². The fourth-order valence-corrected chi connectivity index (χ4v) is 2.16. The summed E-state index contributed by atoms with van der Waals surface area (Å²) in [5.41, 5.74) is 1.06. The number of ether oxygens (including phenoxy) is 1. The lowest BCUT2D eigenvalue weighted by atomic mass is 9.88. The topological polar surface area (TPSA) is 29.5 Å². The average molecular weight is 224 g/mol. The monoisotopic (exact) mass is 224 g/mol. The highest BCUT2D eigenvalue weighted by atomic mass is 19.1. The summed E-state index contributed by atoms with van der Waals surface area (Å²) in [5, 5.41) is 10.3. The summed E-state index contributed by atoms with van der Waals surface area (Å²) in [5.74, 6) is -0.249. The molecule has 0 radical (unpaired) electrons. The molecule has 88 valence electrons. The molecule has 3 heteroatoms. The van der Waals surface area contributed by atoms with Gasteiger partial charge >= 0.3 is 0 Å². The van der Waals surface area contributed by atoms with Crippen molar-refractivity contribution in [2.75, 3.05) is 13.2 Å². The van der Waals surface area contributed by atoms with Crippen molar-refractivity contribution >= 4 is 0 Å². The van der Waals surface area contributed by atoms with Gasteiger partial charge in [0.25, 0.3) is 0 Å². The molecule has 0 saturated carbocycles. The maximum atomic E-state index is 13.1. The van der Waals surface area contributed by atoms with Gasteiger partial charge in [-0.2, -0.15) is 0 Å². The van der Waals surface area contributed by atoms with E-state index in [0.29, 0.717) is 19.6 Å². The Kier molecular flexibility index (Phi) is 3.26. The molecule has 0 aliphatic carbocycles. The van der Waals surface area contributed by atoms with E-state index < -0.39 is 5.60 Å². The Balaban J connectivity index is 2.15. The molecule has 0 bridgehead atoms. The molecule has 1 aromatic rings. The van der Waals surface area contributed by atoms with Crippen molar-refractivity contribution in [3.63, 3.8) is 0 Å². The molecule has 1 saturated heterocycles.